The van der Waals surface area contributed by atoms with Gasteiger partial charge in [-0.2, -0.15) is 0 Å². The van der Waals surface area contributed by atoms with Gasteiger partial charge in [0.2, 0.25) is 15.9 Å². The minimum absolute atomic E-state index is 0.0231. The monoisotopic (exact) mass is 340 g/mol. The molecule has 0 aliphatic carbocycles. The standard InChI is InChI=1S/C9H13BrN2O3S2/c1-5-3-8(16-9(5)10)17(14,15)12-6(2)4-7(11)13/h3,6,12H,4H2,1-2H3,(H2,11,13). The number of carbonyl (C=O) groups is 1. The van der Waals surface area contributed by atoms with Crippen LogP contribution in [0.1, 0.15) is 18.9 Å². The Labute approximate surface area is 113 Å². The zero-order chi connectivity index (χ0) is 13.2. The smallest absolute Gasteiger partial charge is 0.250 e. The van der Waals surface area contributed by atoms with E-state index in [1.807, 2.05) is 6.92 Å². The van der Waals surface area contributed by atoms with Gasteiger partial charge in [-0.15, -0.1) is 11.3 Å². The Morgan fingerprint density at radius 2 is 2.24 bits per heavy atom. The van der Waals surface area contributed by atoms with Gasteiger partial charge in [0, 0.05) is 12.5 Å². The SMILES string of the molecule is Cc1cc(S(=O)(=O)NC(C)CC(N)=O)sc1Br. The van der Waals surface area contributed by atoms with Gasteiger partial charge < -0.3 is 5.73 Å². The van der Waals surface area contributed by atoms with E-state index < -0.39 is 22.0 Å². The van der Waals surface area contributed by atoms with E-state index in [1.165, 1.54) is 0 Å². The molecule has 3 N–H and O–H groups in total. The zero-order valence-electron chi connectivity index (χ0n) is 9.36. The number of hydrogen-bond acceptors (Lipinski definition) is 4. The molecule has 0 bridgehead atoms. The number of carbonyl (C=O) groups excluding carboxylic acids is 1. The number of nitrogens with one attached hydrogen (secondary N) is 1. The van der Waals surface area contributed by atoms with Crippen molar-refractivity contribution in [1.82, 2.24) is 4.72 Å². The van der Waals surface area contributed by atoms with Crippen LogP contribution < -0.4 is 10.5 Å². The van der Waals surface area contributed by atoms with Crippen LogP contribution in [0.4, 0.5) is 0 Å². The van der Waals surface area contributed by atoms with Gasteiger partial charge in [-0.3, -0.25) is 4.79 Å². The second-order valence-electron chi connectivity index (χ2n) is 3.71. The number of rotatable bonds is 5. The third kappa shape index (κ3) is 4.06. The van der Waals surface area contributed by atoms with Crippen LogP contribution >= 0.6 is 27.3 Å². The lowest BCUT2D eigenvalue weighted by molar-refractivity contribution is -0.118. The highest BCUT2D eigenvalue weighted by molar-refractivity contribution is 9.11. The lowest BCUT2D eigenvalue weighted by Crippen LogP contribution is -2.35. The van der Waals surface area contributed by atoms with Crippen molar-refractivity contribution >= 4 is 43.2 Å². The summed E-state index contributed by atoms with van der Waals surface area (Å²) in [5, 5.41) is 0. The second-order valence-corrected chi connectivity index (χ2v) is 8.03. The third-order valence-electron chi connectivity index (χ3n) is 1.96. The summed E-state index contributed by atoms with van der Waals surface area (Å²) < 4.78 is 27.2. The maximum atomic E-state index is 11.9. The molecule has 96 valence electrons. The maximum absolute atomic E-state index is 11.9. The summed E-state index contributed by atoms with van der Waals surface area (Å²) in [6.07, 6.45) is -0.0231. The van der Waals surface area contributed by atoms with Crippen molar-refractivity contribution in [3.05, 3.63) is 15.4 Å². The lowest BCUT2D eigenvalue weighted by atomic mass is 10.2. The molecule has 8 heteroatoms. The molecule has 1 rings (SSSR count). The number of amides is 1. The van der Waals surface area contributed by atoms with Crippen molar-refractivity contribution in [2.75, 3.05) is 0 Å². The van der Waals surface area contributed by atoms with Gasteiger partial charge in [0.05, 0.1) is 3.79 Å². The molecule has 0 saturated carbocycles. The molecule has 0 fully saturated rings. The van der Waals surface area contributed by atoms with Gasteiger partial charge in [-0.25, -0.2) is 13.1 Å². The van der Waals surface area contributed by atoms with E-state index in [1.54, 1.807) is 13.0 Å². The number of hydrogen-bond donors (Lipinski definition) is 2. The summed E-state index contributed by atoms with van der Waals surface area (Å²) in [4.78, 5) is 10.7. The molecule has 0 aromatic carbocycles. The summed E-state index contributed by atoms with van der Waals surface area (Å²) in [7, 11) is -3.58. The molecule has 0 spiro atoms. The molecule has 5 nitrogen and oxygen atoms in total. The first-order valence-electron chi connectivity index (χ1n) is 4.79. The van der Waals surface area contributed by atoms with Crippen molar-refractivity contribution in [2.45, 2.75) is 30.5 Å². The highest BCUT2D eigenvalue weighted by atomic mass is 79.9. The Balaban J connectivity index is 2.85. The molecular weight excluding hydrogens is 328 g/mol. The van der Waals surface area contributed by atoms with Crippen LogP contribution in [0.25, 0.3) is 0 Å². The third-order valence-corrected chi connectivity index (χ3v) is 6.16. The highest BCUT2D eigenvalue weighted by Gasteiger charge is 2.21. The molecule has 1 heterocycles. The molecule has 0 aliphatic rings. The fourth-order valence-corrected chi connectivity index (χ4v) is 4.72. The fourth-order valence-electron chi connectivity index (χ4n) is 1.23. The van der Waals surface area contributed by atoms with Crippen molar-refractivity contribution < 1.29 is 13.2 Å². The normalized spacial score (nSPS) is 13.6. The first kappa shape index (κ1) is 14.6. The van der Waals surface area contributed by atoms with Crippen molar-refractivity contribution in [1.29, 1.82) is 0 Å². The quantitative estimate of drug-likeness (QED) is 0.847. The summed E-state index contributed by atoms with van der Waals surface area (Å²) in [5.74, 6) is -0.538. The maximum Gasteiger partial charge on any atom is 0.250 e. The van der Waals surface area contributed by atoms with E-state index in [9.17, 15) is 13.2 Å². The number of nitrogens with two attached hydrogens (primary N) is 1. The second kappa shape index (κ2) is 5.47. The Morgan fingerprint density at radius 3 is 2.65 bits per heavy atom. The van der Waals surface area contributed by atoms with Crippen LogP contribution in [-0.4, -0.2) is 20.4 Å². The first-order valence-corrected chi connectivity index (χ1v) is 7.88. The van der Waals surface area contributed by atoms with Crippen LogP contribution in [0.15, 0.2) is 14.1 Å². The molecule has 0 radical (unpaired) electrons. The molecule has 1 aromatic rings. The van der Waals surface area contributed by atoms with Gasteiger partial charge in [-0.05, 0) is 41.4 Å². The van der Waals surface area contributed by atoms with Crippen LogP contribution in [0.5, 0.6) is 0 Å². The molecule has 1 unspecified atom stereocenters. The predicted octanol–water partition coefficient (Wildman–Crippen LogP) is 1.36. The van der Waals surface area contributed by atoms with E-state index in [2.05, 4.69) is 20.7 Å². The fraction of sp³-hybridized carbons (Fsp3) is 0.444. The van der Waals surface area contributed by atoms with Crippen LogP contribution in [-0.2, 0) is 14.8 Å². The van der Waals surface area contributed by atoms with Gasteiger partial charge >= 0.3 is 0 Å². The van der Waals surface area contributed by atoms with E-state index in [0.717, 1.165) is 20.7 Å². The number of primary amides is 1. The summed E-state index contributed by atoms with van der Waals surface area (Å²) in [6, 6.07) is 1.06. The number of aryl methyl sites for hydroxylation is 1. The van der Waals surface area contributed by atoms with Gasteiger partial charge in [0.15, 0.2) is 0 Å². The Hall–Kier alpha value is -0.440. The topological polar surface area (TPSA) is 89.3 Å². The lowest BCUT2D eigenvalue weighted by Gasteiger charge is -2.10. The zero-order valence-corrected chi connectivity index (χ0v) is 12.6. The Kier molecular flexibility index (Phi) is 4.70. The van der Waals surface area contributed by atoms with Crippen LogP contribution in [0.2, 0.25) is 0 Å². The molecule has 1 amide bonds. The van der Waals surface area contributed by atoms with Crippen molar-refractivity contribution in [3.8, 4) is 0 Å². The van der Waals surface area contributed by atoms with Crippen LogP contribution in [0.3, 0.4) is 0 Å². The van der Waals surface area contributed by atoms with Crippen molar-refractivity contribution in [3.63, 3.8) is 0 Å². The van der Waals surface area contributed by atoms with E-state index in [-0.39, 0.29) is 10.6 Å². The molecule has 17 heavy (non-hydrogen) atoms. The average Bonchev–Trinajstić information content (AvgIpc) is 2.44. The predicted molar refractivity (Wildman–Crippen MR) is 70.4 cm³/mol. The Morgan fingerprint density at radius 1 is 1.65 bits per heavy atom. The van der Waals surface area contributed by atoms with E-state index >= 15 is 0 Å². The summed E-state index contributed by atoms with van der Waals surface area (Å²) in [6.45, 7) is 3.41. The summed E-state index contributed by atoms with van der Waals surface area (Å²) >= 11 is 4.40. The Bertz CT molecular complexity index is 505. The molecule has 1 atom stereocenters. The average molecular weight is 341 g/mol. The van der Waals surface area contributed by atoms with Gasteiger partial charge in [-0.1, -0.05) is 0 Å². The van der Waals surface area contributed by atoms with Crippen LogP contribution in [0, 0.1) is 6.92 Å². The molecule has 0 saturated heterocycles. The number of sulfonamides is 1. The minimum atomic E-state index is -3.58. The minimum Gasteiger partial charge on any atom is -0.370 e. The first-order chi connectivity index (χ1) is 7.72. The molecule has 0 aliphatic heterocycles. The van der Waals surface area contributed by atoms with E-state index in [4.69, 9.17) is 5.73 Å². The number of halogens is 1. The summed E-state index contributed by atoms with van der Waals surface area (Å²) in [5.41, 5.74) is 5.86. The van der Waals surface area contributed by atoms with Gasteiger partial charge in [0.25, 0.3) is 0 Å². The van der Waals surface area contributed by atoms with Gasteiger partial charge in [0.1, 0.15) is 4.21 Å². The highest BCUT2D eigenvalue weighted by Crippen LogP contribution is 2.30. The molecule has 1 aromatic heterocycles. The number of thiophene rings is 1. The molecular formula is C9H13BrN2O3S2. The van der Waals surface area contributed by atoms with Crippen molar-refractivity contribution in [2.24, 2.45) is 5.73 Å². The largest absolute Gasteiger partial charge is 0.370 e. The van der Waals surface area contributed by atoms with E-state index in [0.29, 0.717) is 0 Å².